The molecule has 0 spiro atoms. The number of carbonyl (C=O) groups is 1. The van der Waals surface area contributed by atoms with E-state index in [1.54, 1.807) is 45.0 Å². The summed E-state index contributed by atoms with van der Waals surface area (Å²) in [6.07, 6.45) is 1.05. The van der Waals surface area contributed by atoms with Gasteiger partial charge in [-0.3, -0.25) is 14.4 Å². The number of nitrogens with one attached hydrogen (secondary N) is 1. The van der Waals surface area contributed by atoms with Crippen molar-refractivity contribution in [3.8, 4) is 5.75 Å². The lowest BCUT2D eigenvalue weighted by molar-refractivity contribution is -0.131. The summed E-state index contributed by atoms with van der Waals surface area (Å²) in [6, 6.07) is 9.07. The molecule has 9 heteroatoms. The third kappa shape index (κ3) is 3.75. The van der Waals surface area contributed by atoms with Gasteiger partial charge in [0.15, 0.2) is 5.60 Å². The molecule has 3 rings (SSSR count). The molecule has 0 radical (unpaired) electrons. The molecule has 7 nitrogen and oxygen atoms in total. The number of anilines is 4. The Bertz CT molecular complexity index is 1050. The highest BCUT2D eigenvalue weighted by molar-refractivity contribution is 7.92. The first-order valence-corrected chi connectivity index (χ1v) is 10.4. The van der Waals surface area contributed by atoms with Gasteiger partial charge in [-0.15, -0.1) is 0 Å². The van der Waals surface area contributed by atoms with Gasteiger partial charge in [-0.1, -0.05) is 0 Å². The van der Waals surface area contributed by atoms with Crippen LogP contribution in [-0.4, -0.2) is 40.3 Å². The van der Waals surface area contributed by atoms with E-state index in [4.69, 9.17) is 4.74 Å². The Hall–Kier alpha value is -2.81. The second-order valence-electron chi connectivity index (χ2n) is 7.34. The molecule has 0 aromatic heterocycles. The molecule has 1 heterocycles. The van der Waals surface area contributed by atoms with E-state index in [-0.39, 0.29) is 5.91 Å². The second kappa shape index (κ2) is 6.66. The molecule has 2 aromatic carbocycles. The van der Waals surface area contributed by atoms with Gasteiger partial charge in [0.2, 0.25) is 10.0 Å². The average molecular weight is 407 g/mol. The zero-order valence-electron chi connectivity index (χ0n) is 16.3. The van der Waals surface area contributed by atoms with Gasteiger partial charge in [-0.2, -0.15) is 0 Å². The van der Waals surface area contributed by atoms with Crippen LogP contribution in [0.1, 0.15) is 13.8 Å². The SMILES string of the molecule is CN(C)c1cc(N2C(=O)C(C)(C)Oc3cc(NS(C)(=O)=O)ccc32)ccc1F. The summed E-state index contributed by atoms with van der Waals surface area (Å²) < 4.78 is 45.3. The molecule has 1 aliphatic heterocycles. The lowest BCUT2D eigenvalue weighted by Crippen LogP contribution is -2.50. The maximum atomic E-state index is 14.1. The predicted octanol–water partition coefficient (Wildman–Crippen LogP) is 3.10. The Labute approximate surface area is 163 Å². The first kappa shape index (κ1) is 19.9. The van der Waals surface area contributed by atoms with Crippen LogP contribution in [0.2, 0.25) is 0 Å². The van der Waals surface area contributed by atoms with Gasteiger partial charge in [0.25, 0.3) is 5.91 Å². The minimum absolute atomic E-state index is 0.319. The fourth-order valence-electron chi connectivity index (χ4n) is 2.99. The monoisotopic (exact) mass is 407 g/mol. The number of nitrogens with zero attached hydrogens (tertiary/aromatic N) is 2. The van der Waals surface area contributed by atoms with E-state index in [1.165, 1.54) is 29.2 Å². The number of benzene rings is 2. The van der Waals surface area contributed by atoms with Gasteiger partial charge in [-0.05, 0) is 44.2 Å². The van der Waals surface area contributed by atoms with Crippen LogP contribution in [0.25, 0.3) is 0 Å². The zero-order valence-corrected chi connectivity index (χ0v) is 17.1. The van der Waals surface area contributed by atoms with Gasteiger partial charge in [0.05, 0.1) is 29.0 Å². The number of amides is 1. The van der Waals surface area contributed by atoms with Crippen molar-refractivity contribution in [2.45, 2.75) is 19.4 Å². The topological polar surface area (TPSA) is 79.0 Å². The summed E-state index contributed by atoms with van der Waals surface area (Å²) in [5, 5.41) is 0. The molecule has 1 aliphatic rings. The summed E-state index contributed by atoms with van der Waals surface area (Å²) in [5.41, 5.74) is 0.394. The molecule has 28 heavy (non-hydrogen) atoms. The Morgan fingerprint density at radius 2 is 1.82 bits per heavy atom. The van der Waals surface area contributed by atoms with Crippen molar-refractivity contribution >= 4 is 38.7 Å². The molecule has 1 N–H and O–H groups in total. The number of fused-ring (bicyclic) bond motifs is 1. The highest BCUT2D eigenvalue weighted by Crippen LogP contribution is 2.44. The van der Waals surface area contributed by atoms with E-state index in [9.17, 15) is 17.6 Å². The number of sulfonamides is 1. The summed E-state index contributed by atoms with van der Waals surface area (Å²) in [4.78, 5) is 16.1. The Kier molecular flexibility index (Phi) is 4.74. The molecular weight excluding hydrogens is 385 g/mol. The lowest BCUT2D eigenvalue weighted by Gasteiger charge is -2.39. The lowest BCUT2D eigenvalue weighted by atomic mass is 10.0. The second-order valence-corrected chi connectivity index (χ2v) is 9.09. The highest BCUT2D eigenvalue weighted by Gasteiger charge is 2.42. The van der Waals surface area contributed by atoms with Gasteiger partial charge >= 0.3 is 0 Å². The maximum Gasteiger partial charge on any atom is 0.275 e. The number of hydrogen-bond donors (Lipinski definition) is 1. The van der Waals surface area contributed by atoms with Crippen molar-refractivity contribution < 1.29 is 22.3 Å². The predicted molar refractivity (Wildman–Crippen MR) is 107 cm³/mol. The average Bonchev–Trinajstić information content (AvgIpc) is 2.55. The van der Waals surface area contributed by atoms with Crippen molar-refractivity contribution in [1.29, 1.82) is 0 Å². The first-order valence-electron chi connectivity index (χ1n) is 8.51. The smallest absolute Gasteiger partial charge is 0.275 e. The largest absolute Gasteiger partial charge is 0.476 e. The van der Waals surface area contributed by atoms with Crippen molar-refractivity contribution in [3.05, 3.63) is 42.2 Å². The Balaban J connectivity index is 2.15. The van der Waals surface area contributed by atoms with Gasteiger partial charge < -0.3 is 9.64 Å². The molecule has 0 saturated carbocycles. The van der Waals surface area contributed by atoms with E-state index in [0.717, 1.165) is 6.26 Å². The third-order valence-electron chi connectivity index (χ3n) is 4.26. The molecule has 1 amide bonds. The number of rotatable bonds is 4. The van der Waals surface area contributed by atoms with Crippen LogP contribution in [0, 0.1) is 5.82 Å². The standard InChI is InChI=1S/C19H22FN3O4S/c1-19(2)18(24)23(13-7-8-14(20)16(11-13)22(3)4)15-9-6-12(10-17(15)27-19)21-28(5,25)26/h6-11,21H,1-5H3. The number of ether oxygens (including phenoxy) is 1. The molecular formula is C19H22FN3O4S. The van der Waals surface area contributed by atoms with E-state index in [2.05, 4.69) is 4.72 Å². The van der Waals surface area contributed by atoms with Crippen LogP contribution in [0.3, 0.4) is 0 Å². The van der Waals surface area contributed by atoms with Crippen molar-refractivity contribution in [3.63, 3.8) is 0 Å². The van der Waals surface area contributed by atoms with Crippen LogP contribution >= 0.6 is 0 Å². The fourth-order valence-corrected chi connectivity index (χ4v) is 3.55. The van der Waals surface area contributed by atoms with Crippen molar-refractivity contribution in [2.75, 3.05) is 34.9 Å². The van der Waals surface area contributed by atoms with E-state index >= 15 is 0 Å². The minimum Gasteiger partial charge on any atom is -0.476 e. The molecule has 0 bridgehead atoms. The van der Waals surface area contributed by atoms with Crippen LogP contribution in [0.5, 0.6) is 5.75 Å². The van der Waals surface area contributed by atoms with Crippen LogP contribution < -0.4 is 19.3 Å². The molecule has 0 unspecified atom stereocenters. The number of halogens is 1. The maximum absolute atomic E-state index is 14.1. The van der Waals surface area contributed by atoms with Gasteiger partial charge in [0.1, 0.15) is 11.6 Å². The molecule has 150 valence electrons. The molecule has 0 aliphatic carbocycles. The van der Waals surface area contributed by atoms with E-state index in [0.29, 0.717) is 28.5 Å². The van der Waals surface area contributed by atoms with Gasteiger partial charge in [0, 0.05) is 20.2 Å². The normalized spacial score (nSPS) is 15.6. The van der Waals surface area contributed by atoms with Crippen molar-refractivity contribution in [1.82, 2.24) is 0 Å². The van der Waals surface area contributed by atoms with Gasteiger partial charge in [-0.25, -0.2) is 12.8 Å². The Morgan fingerprint density at radius 3 is 2.43 bits per heavy atom. The molecule has 0 fully saturated rings. The van der Waals surface area contributed by atoms with Crippen LogP contribution in [0.4, 0.5) is 27.1 Å². The third-order valence-corrected chi connectivity index (χ3v) is 4.86. The molecule has 0 atom stereocenters. The highest BCUT2D eigenvalue weighted by atomic mass is 32.2. The quantitative estimate of drug-likeness (QED) is 0.843. The zero-order chi connectivity index (χ0) is 20.9. The molecule has 2 aromatic rings. The fraction of sp³-hybridized carbons (Fsp3) is 0.316. The summed E-state index contributed by atoms with van der Waals surface area (Å²) in [5.74, 6) is -0.379. The summed E-state index contributed by atoms with van der Waals surface area (Å²) >= 11 is 0. The number of carbonyl (C=O) groups excluding carboxylic acids is 1. The van der Waals surface area contributed by atoms with E-state index in [1.807, 2.05) is 0 Å². The number of hydrogen-bond acceptors (Lipinski definition) is 5. The van der Waals surface area contributed by atoms with Crippen molar-refractivity contribution in [2.24, 2.45) is 0 Å². The molecule has 0 saturated heterocycles. The van der Waals surface area contributed by atoms with Crippen LogP contribution in [0.15, 0.2) is 36.4 Å². The van der Waals surface area contributed by atoms with E-state index < -0.39 is 21.4 Å². The minimum atomic E-state index is -3.46. The Morgan fingerprint density at radius 1 is 1.14 bits per heavy atom. The first-order chi connectivity index (χ1) is 12.9. The summed E-state index contributed by atoms with van der Waals surface area (Å²) in [7, 11) is -0.0368. The summed E-state index contributed by atoms with van der Waals surface area (Å²) in [6.45, 7) is 3.25. The van der Waals surface area contributed by atoms with Crippen LogP contribution in [-0.2, 0) is 14.8 Å².